The average Bonchev–Trinajstić information content (AvgIpc) is 3.61. The van der Waals surface area contributed by atoms with E-state index in [0.717, 1.165) is 127 Å². The number of Topliss-reactive ketones (excluding diaryl/α,β-unsaturated/α-hetero) is 1. The number of morpholine rings is 2. The van der Waals surface area contributed by atoms with Crippen LogP contribution in [0, 0.1) is 11.8 Å². The zero-order valence-electron chi connectivity index (χ0n) is 27.1. The number of rotatable bonds is 6. The van der Waals surface area contributed by atoms with Crippen LogP contribution in [0.4, 0.5) is 23.0 Å². The van der Waals surface area contributed by atoms with Crippen molar-refractivity contribution in [2.75, 3.05) is 80.5 Å². The molecule has 2 aliphatic heterocycles. The van der Waals surface area contributed by atoms with Gasteiger partial charge >= 0.3 is 18.9 Å². The molecule has 0 atom stereocenters. The summed E-state index contributed by atoms with van der Waals surface area (Å²) in [7, 11) is 0. The van der Waals surface area contributed by atoms with Crippen LogP contribution in [0.1, 0.15) is 79.2 Å². The van der Waals surface area contributed by atoms with E-state index in [9.17, 15) is 9.90 Å². The molecule has 6 rings (SSSR count). The fraction of sp³-hybridized carbons (Fsp3) is 0.767. The van der Waals surface area contributed by atoms with E-state index in [0.29, 0.717) is 30.4 Å². The molecular weight excluding hydrogens is 554 g/mol. The molecule has 4 fully saturated rings. The van der Waals surface area contributed by atoms with Crippen LogP contribution in [-0.4, -0.2) is 98.1 Å². The number of hydrogen-bond acceptors (Lipinski definition) is 10. The van der Waals surface area contributed by atoms with E-state index in [1.807, 2.05) is 21.8 Å². The van der Waals surface area contributed by atoms with E-state index in [2.05, 4.69) is 9.80 Å². The van der Waals surface area contributed by atoms with Crippen LogP contribution in [0.2, 0.25) is 0 Å². The van der Waals surface area contributed by atoms with Crippen molar-refractivity contribution in [2.24, 2.45) is 11.8 Å². The second kappa shape index (κ2) is 18.1. The fourth-order valence-corrected chi connectivity index (χ4v) is 6.55. The summed E-state index contributed by atoms with van der Waals surface area (Å²) in [6.45, 7) is 8.38. The van der Waals surface area contributed by atoms with Gasteiger partial charge in [-0.05, 0) is 64.2 Å². The molecule has 2 saturated carbocycles. The first-order valence-electron chi connectivity index (χ1n) is 15.4. The molecule has 0 bridgehead atoms. The van der Waals surface area contributed by atoms with Crippen LogP contribution in [0.5, 0.6) is 0 Å². The number of hydrogen-bond donors (Lipinski definition) is 3. The van der Waals surface area contributed by atoms with Gasteiger partial charge in [-0.15, -0.1) is 0 Å². The first-order chi connectivity index (χ1) is 19.9. The third-order valence-electron chi connectivity index (χ3n) is 9.20. The topological polar surface area (TPSA) is 150 Å². The number of nitrogens with zero attached hydrogens (tertiary/aromatic N) is 6. The van der Waals surface area contributed by atoms with Gasteiger partial charge in [0.15, 0.2) is 11.6 Å². The van der Waals surface area contributed by atoms with E-state index >= 15 is 0 Å². The molecule has 4 heterocycles. The Balaban J connectivity index is 0.000000414. The maximum atomic E-state index is 11.4. The summed E-state index contributed by atoms with van der Waals surface area (Å²) in [4.78, 5) is 15.8. The Bertz CT molecular complexity index is 1130. The maximum Gasteiger partial charge on any atom is 1.00 e. The fourth-order valence-electron chi connectivity index (χ4n) is 6.55. The molecule has 14 heteroatoms. The molecule has 3 radical (unpaired) electrons. The quantitative estimate of drug-likeness (QED) is 0.384. The molecule has 0 aromatic carbocycles. The summed E-state index contributed by atoms with van der Waals surface area (Å²) in [5.41, 5.74) is 13.8. The molecule has 0 unspecified atom stereocenters. The third kappa shape index (κ3) is 9.42. The Morgan fingerprint density at radius 1 is 0.818 bits per heavy atom. The van der Waals surface area contributed by atoms with Gasteiger partial charge in [-0.3, -0.25) is 14.2 Å². The normalized spacial score (nSPS) is 25.4. The molecule has 2 aliphatic carbocycles. The van der Waals surface area contributed by atoms with Crippen molar-refractivity contribution in [1.82, 2.24) is 19.6 Å². The van der Waals surface area contributed by atoms with E-state index in [1.54, 1.807) is 6.92 Å². The predicted molar refractivity (Wildman–Crippen MR) is 173 cm³/mol. The largest absolute Gasteiger partial charge is 1.00 e. The molecular formula is C30H53BLiN8O4. The SMILES string of the molecule is C.CC(=O)C1CCC(n2cc(N)c(N3CCOCC3)n2)CC1.Nc1cn(C2CCC(CO)CC2)nc1N1CCOCC1.[B].[H-].[Li+]. The summed E-state index contributed by atoms with van der Waals surface area (Å²) >= 11 is 0. The Labute approximate surface area is 278 Å². The second-order valence-corrected chi connectivity index (χ2v) is 11.9. The molecule has 12 nitrogen and oxygen atoms in total. The van der Waals surface area contributed by atoms with Crippen molar-refractivity contribution in [3.63, 3.8) is 0 Å². The Hall–Kier alpha value is -2.17. The third-order valence-corrected chi connectivity index (χ3v) is 9.20. The van der Waals surface area contributed by atoms with E-state index in [4.69, 9.17) is 31.1 Å². The molecule has 4 aliphatic rings. The smallest absolute Gasteiger partial charge is 1.00 e. The van der Waals surface area contributed by atoms with Gasteiger partial charge in [0, 0.05) is 47.1 Å². The summed E-state index contributed by atoms with van der Waals surface area (Å²) in [6.07, 6.45) is 12.2. The number of carbonyl (C=O) groups is 1. The molecule has 0 spiro atoms. The minimum absolute atomic E-state index is 0. The van der Waals surface area contributed by atoms with Crippen molar-refractivity contribution >= 4 is 37.2 Å². The molecule has 2 aromatic heterocycles. The minimum atomic E-state index is 0. The molecule has 44 heavy (non-hydrogen) atoms. The Kier molecular flexibility index (Phi) is 15.6. The van der Waals surface area contributed by atoms with Crippen LogP contribution in [-0.2, 0) is 14.3 Å². The number of aliphatic hydroxyl groups excluding tert-OH is 1. The first kappa shape index (κ1) is 38.0. The van der Waals surface area contributed by atoms with Crippen molar-refractivity contribution in [3.8, 4) is 0 Å². The average molecular weight is 608 g/mol. The number of carbonyl (C=O) groups excluding carboxylic acids is 1. The van der Waals surface area contributed by atoms with Gasteiger partial charge < -0.3 is 37.3 Å². The Morgan fingerprint density at radius 2 is 1.20 bits per heavy atom. The van der Waals surface area contributed by atoms with E-state index in [1.165, 1.54) is 0 Å². The van der Waals surface area contributed by atoms with Gasteiger partial charge in [0.25, 0.3) is 0 Å². The summed E-state index contributed by atoms with van der Waals surface area (Å²) in [5, 5.41) is 18.6. The van der Waals surface area contributed by atoms with Crippen LogP contribution in [0.25, 0.3) is 0 Å². The molecule has 2 aromatic rings. The Morgan fingerprint density at radius 3 is 1.57 bits per heavy atom. The number of aliphatic hydroxyl groups is 1. The predicted octanol–water partition coefficient (Wildman–Crippen LogP) is 0.0195. The second-order valence-electron chi connectivity index (χ2n) is 11.9. The van der Waals surface area contributed by atoms with Gasteiger partial charge in [-0.1, -0.05) is 7.43 Å². The molecule has 2 saturated heterocycles. The van der Waals surface area contributed by atoms with Crippen molar-refractivity contribution in [1.29, 1.82) is 0 Å². The zero-order valence-corrected chi connectivity index (χ0v) is 26.1. The number of nitrogen functional groups attached to an aromatic ring is 2. The van der Waals surface area contributed by atoms with Crippen LogP contribution in [0.15, 0.2) is 12.4 Å². The first-order valence-corrected chi connectivity index (χ1v) is 15.4. The van der Waals surface area contributed by atoms with Gasteiger partial charge in [0.05, 0.1) is 62.3 Å². The van der Waals surface area contributed by atoms with Crippen molar-refractivity contribution in [3.05, 3.63) is 12.4 Å². The van der Waals surface area contributed by atoms with Gasteiger partial charge in [0.2, 0.25) is 0 Å². The van der Waals surface area contributed by atoms with Crippen molar-refractivity contribution in [2.45, 2.75) is 77.8 Å². The summed E-state index contributed by atoms with van der Waals surface area (Å²) in [6, 6.07) is 0.799. The number of ether oxygens (including phenoxy) is 2. The standard InChI is InChI=1S/C15H24N4O2.C14H24N4O2.CH4.B.Li.H/c1-11(20)12-2-4-13(5-3-12)19-10-14(16)15(17-19)18-6-8-21-9-7-18;15-13-9-18(12-3-1-11(10-19)2-4-12)16-14(13)17-5-7-20-8-6-17;;;;/h10,12-13H,2-9,16H2,1H3;9,11-12,19H,1-8,10,15H2;1H4;;;/q;;;;+1;-1. The monoisotopic (exact) mass is 607 g/mol. The van der Waals surface area contributed by atoms with Gasteiger partial charge in [-0.2, -0.15) is 10.2 Å². The number of anilines is 4. The minimum Gasteiger partial charge on any atom is -1.00 e. The van der Waals surface area contributed by atoms with E-state index in [-0.39, 0.29) is 42.0 Å². The molecule has 5 N–H and O–H groups in total. The van der Waals surface area contributed by atoms with Crippen LogP contribution >= 0.6 is 0 Å². The zero-order chi connectivity index (χ0) is 28.8. The van der Waals surface area contributed by atoms with Crippen LogP contribution in [0.3, 0.4) is 0 Å². The summed E-state index contributed by atoms with van der Waals surface area (Å²) < 4.78 is 14.8. The number of aromatic nitrogens is 4. The van der Waals surface area contributed by atoms with Gasteiger partial charge in [-0.25, -0.2) is 0 Å². The van der Waals surface area contributed by atoms with E-state index < -0.39 is 0 Å². The number of ketones is 1. The molecule has 0 amide bonds. The van der Waals surface area contributed by atoms with Crippen LogP contribution < -0.4 is 40.1 Å². The summed E-state index contributed by atoms with van der Waals surface area (Å²) in [5.74, 6) is 2.82. The molecule has 241 valence electrons. The van der Waals surface area contributed by atoms with Crippen molar-refractivity contribution < 1.29 is 39.7 Å². The maximum absolute atomic E-state index is 11.4. The van der Waals surface area contributed by atoms with Gasteiger partial charge in [0.1, 0.15) is 5.78 Å². The number of nitrogens with two attached hydrogens (primary N) is 2.